The molecule has 2 atom stereocenters. The summed E-state index contributed by atoms with van der Waals surface area (Å²) >= 11 is 0. The monoisotopic (exact) mass is 440 g/mol. The van der Waals surface area contributed by atoms with Gasteiger partial charge in [-0.3, -0.25) is 14.5 Å². The van der Waals surface area contributed by atoms with E-state index in [1.807, 2.05) is 28.8 Å². The lowest BCUT2D eigenvalue weighted by molar-refractivity contribution is 0.103. The Labute approximate surface area is 190 Å². The van der Waals surface area contributed by atoms with Gasteiger partial charge in [-0.15, -0.1) is 0 Å². The molecule has 0 saturated carbocycles. The molecular formula is C27H24N2O4. The number of pyridine rings is 1. The third-order valence-corrected chi connectivity index (χ3v) is 7.04. The zero-order valence-electron chi connectivity index (χ0n) is 18.1. The zero-order valence-corrected chi connectivity index (χ0v) is 18.1. The number of aromatic nitrogens is 1. The first-order valence-electron chi connectivity index (χ1n) is 11.3. The minimum atomic E-state index is -0.120. The number of hydrogen-bond acceptors (Lipinski definition) is 5. The second-order valence-electron chi connectivity index (χ2n) is 9.17. The van der Waals surface area contributed by atoms with E-state index in [-0.39, 0.29) is 23.0 Å². The molecule has 33 heavy (non-hydrogen) atoms. The molecule has 4 heterocycles. The van der Waals surface area contributed by atoms with E-state index in [0.717, 1.165) is 31.7 Å². The molecule has 4 aromatic rings. The zero-order chi connectivity index (χ0) is 22.5. The van der Waals surface area contributed by atoms with Gasteiger partial charge >= 0.3 is 0 Å². The Hall–Kier alpha value is -3.64. The van der Waals surface area contributed by atoms with E-state index in [0.29, 0.717) is 40.1 Å². The van der Waals surface area contributed by atoms with Crippen molar-refractivity contribution in [3.8, 4) is 5.75 Å². The number of phenols is 1. The first-order chi connectivity index (χ1) is 16.1. The Bertz CT molecular complexity index is 1420. The molecular weight excluding hydrogens is 416 g/mol. The first kappa shape index (κ1) is 20.0. The van der Waals surface area contributed by atoms with Crippen LogP contribution >= 0.6 is 0 Å². The molecule has 0 spiro atoms. The fourth-order valence-electron chi connectivity index (χ4n) is 5.61. The van der Waals surface area contributed by atoms with Crippen LogP contribution in [0, 0.1) is 5.92 Å². The van der Waals surface area contributed by atoms with Gasteiger partial charge in [-0.2, -0.15) is 0 Å². The standard InChI is InChI=1S/C27H24N2O4/c30-23-9-10-24-26(21(16-33-24)27(32)18-5-2-1-3-6-18)20(23)15-28-12-17-11-19(14-28)22-7-4-8-25(31)29(22)13-17/h1-10,16-17,19,30H,11-15H2/t17-,19+/m1/s1. The van der Waals surface area contributed by atoms with Crippen molar-refractivity contribution >= 4 is 16.8 Å². The summed E-state index contributed by atoms with van der Waals surface area (Å²) in [6, 6.07) is 18.0. The molecule has 2 aromatic heterocycles. The van der Waals surface area contributed by atoms with Crippen LogP contribution in [0.25, 0.3) is 11.0 Å². The number of piperidine rings is 1. The van der Waals surface area contributed by atoms with E-state index >= 15 is 0 Å². The Morgan fingerprint density at radius 3 is 2.70 bits per heavy atom. The van der Waals surface area contributed by atoms with Gasteiger partial charge < -0.3 is 14.1 Å². The second-order valence-corrected chi connectivity index (χ2v) is 9.17. The number of furan rings is 1. The normalized spacial score (nSPS) is 20.0. The van der Waals surface area contributed by atoms with Crippen LogP contribution in [0.4, 0.5) is 0 Å². The number of ketones is 1. The van der Waals surface area contributed by atoms with Crippen LogP contribution in [0.2, 0.25) is 0 Å². The quantitative estimate of drug-likeness (QED) is 0.483. The number of benzene rings is 2. The fraction of sp³-hybridized carbons (Fsp3) is 0.259. The lowest BCUT2D eigenvalue weighted by Gasteiger charge is -2.42. The topological polar surface area (TPSA) is 75.7 Å². The van der Waals surface area contributed by atoms with E-state index in [9.17, 15) is 14.7 Å². The highest BCUT2D eigenvalue weighted by molar-refractivity contribution is 6.16. The summed E-state index contributed by atoms with van der Waals surface area (Å²) in [4.78, 5) is 27.9. The van der Waals surface area contributed by atoms with E-state index in [2.05, 4.69) is 11.0 Å². The SMILES string of the molecule is O=C(c1ccccc1)c1coc2ccc(O)c(CN3C[C@H]4C[C@@H](C3)c3cccc(=O)n3C4)c12. The predicted molar refractivity (Wildman–Crippen MR) is 125 cm³/mol. The van der Waals surface area contributed by atoms with Crippen LogP contribution in [0.1, 0.15) is 39.5 Å². The summed E-state index contributed by atoms with van der Waals surface area (Å²) < 4.78 is 7.64. The highest BCUT2D eigenvalue weighted by Gasteiger charge is 2.35. The molecule has 166 valence electrons. The number of carbonyl (C=O) groups is 1. The number of carbonyl (C=O) groups excluding carboxylic acids is 1. The Morgan fingerprint density at radius 2 is 1.85 bits per heavy atom. The molecule has 2 aromatic carbocycles. The maximum absolute atomic E-state index is 13.2. The van der Waals surface area contributed by atoms with Crippen molar-refractivity contribution < 1.29 is 14.3 Å². The molecule has 6 rings (SSSR count). The second kappa shape index (κ2) is 7.74. The van der Waals surface area contributed by atoms with Crippen molar-refractivity contribution in [1.29, 1.82) is 0 Å². The number of rotatable bonds is 4. The molecule has 2 bridgehead atoms. The van der Waals surface area contributed by atoms with Crippen molar-refractivity contribution in [3.63, 3.8) is 0 Å². The van der Waals surface area contributed by atoms with E-state index in [1.165, 1.54) is 6.26 Å². The number of fused-ring (bicyclic) bond motifs is 5. The third kappa shape index (κ3) is 3.38. The van der Waals surface area contributed by atoms with Gasteiger partial charge in [0.2, 0.25) is 0 Å². The van der Waals surface area contributed by atoms with Gasteiger partial charge in [0.05, 0.1) is 5.56 Å². The molecule has 2 aliphatic heterocycles. The first-order valence-corrected chi connectivity index (χ1v) is 11.3. The van der Waals surface area contributed by atoms with Gasteiger partial charge in [-0.25, -0.2) is 0 Å². The van der Waals surface area contributed by atoms with E-state index in [1.54, 1.807) is 30.3 Å². The lowest BCUT2D eigenvalue weighted by Crippen LogP contribution is -2.46. The summed E-state index contributed by atoms with van der Waals surface area (Å²) in [5.74, 6) is 0.707. The average molecular weight is 440 g/mol. The Morgan fingerprint density at radius 1 is 1.00 bits per heavy atom. The summed E-state index contributed by atoms with van der Waals surface area (Å²) in [5.41, 5.74) is 3.53. The number of nitrogens with zero attached hydrogens (tertiary/aromatic N) is 2. The number of hydrogen-bond donors (Lipinski definition) is 1. The van der Waals surface area contributed by atoms with Gasteiger partial charge in [0.25, 0.3) is 5.56 Å². The molecule has 0 unspecified atom stereocenters. The molecule has 6 heteroatoms. The fourth-order valence-corrected chi connectivity index (χ4v) is 5.61. The van der Waals surface area contributed by atoms with Gasteiger partial charge in [-0.1, -0.05) is 36.4 Å². The van der Waals surface area contributed by atoms with Crippen LogP contribution in [0.3, 0.4) is 0 Å². The Kier molecular flexibility index (Phi) is 4.69. The maximum atomic E-state index is 13.2. The summed E-state index contributed by atoms with van der Waals surface area (Å²) in [6.45, 7) is 2.88. The van der Waals surface area contributed by atoms with Crippen LogP contribution in [-0.4, -0.2) is 33.4 Å². The molecule has 0 radical (unpaired) electrons. The van der Waals surface area contributed by atoms with Gasteiger partial charge in [0.1, 0.15) is 17.6 Å². The number of likely N-dealkylation sites (tertiary alicyclic amines) is 1. The van der Waals surface area contributed by atoms with E-state index in [4.69, 9.17) is 4.42 Å². The molecule has 6 nitrogen and oxygen atoms in total. The third-order valence-electron chi connectivity index (χ3n) is 7.04. The van der Waals surface area contributed by atoms with Crippen molar-refractivity contribution in [3.05, 3.63) is 99.7 Å². The molecule has 1 fully saturated rings. The smallest absolute Gasteiger partial charge is 0.250 e. The summed E-state index contributed by atoms with van der Waals surface area (Å²) in [7, 11) is 0. The van der Waals surface area contributed by atoms with Crippen LogP contribution in [0.15, 0.2) is 76.1 Å². The van der Waals surface area contributed by atoms with Crippen LogP contribution in [-0.2, 0) is 13.1 Å². The van der Waals surface area contributed by atoms with Gasteiger partial charge in [0, 0.05) is 60.4 Å². The molecule has 1 N–H and O–H groups in total. The maximum Gasteiger partial charge on any atom is 0.250 e. The van der Waals surface area contributed by atoms with Gasteiger partial charge in [0.15, 0.2) is 5.78 Å². The molecule has 1 saturated heterocycles. The lowest BCUT2D eigenvalue weighted by atomic mass is 9.83. The minimum Gasteiger partial charge on any atom is -0.508 e. The van der Waals surface area contributed by atoms with Crippen molar-refractivity contribution in [2.24, 2.45) is 5.92 Å². The van der Waals surface area contributed by atoms with Crippen LogP contribution in [0.5, 0.6) is 5.75 Å². The highest BCUT2D eigenvalue weighted by atomic mass is 16.3. The average Bonchev–Trinajstić information content (AvgIpc) is 3.26. The van der Waals surface area contributed by atoms with E-state index < -0.39 is 0 Å². The molecule has 0 amide bonds. The summed E-state index contributed by atoms with van der Waals surface area (Å²) in [5, 5.41) is 11.5. The molecule has 2 aliphatic rings. The summed E-state index contributed by atoms with van der Waals surface area (Å²) in [6.07, 6.45) is 2.57. The number of aromatic hydroxyl groups is 1. The minimum absolute atomic E-state index is 0.0699. The number of phenolic OH excluding ortho intramolecular Hbond substituents is 1. The predicted octanol–water partition coefficient (Wildman–Crippen LogP) is 4.15. The molecule has 0 aliphatic carbocycles. The highest BCUT2D eigenvalue weighted by Crippen LogP contribution is 2.38. The van der Waals surface area contributed by atoms with Gasteiger partial charge in [-0.05, 0) is 30.5 Å². The van der Waals surface area contributed by atoms with Crippen LogP contribution < -0.4 is 5.56 Å². The van der Waals surface area contributed by atoms with Crippen molar-refractivity contribution in [2.45, 2.75) is 25.4 Å². The Balaban J connectivity index is 1.36. The largest absolute Gasteiger partial charge is 0.508 e. The van der Waals surface area contributed by atoms with Crippen molar-refractivity contribution in [2.75, 3.05) is 13.1 Å². The van der Waals surface area contributed by atoms with Crippen molar-refractivity contribution in [1.82, 2.24) is 9.47 Å².